The van der Waals surface area contributed by atoms with Crippen LogP contribution in [0.25, 0.3) is 0 Å². The number of rotatable bonds is 5. The van der Waals surface area contributed by atoms with Crippen molar-refractivity contribution in [1.29, 1.82) is 0 Å². The van der Waals surface area contributed by atoms with Crippen LogP contribution >= 0.6 is 0 Å². The summed E-state index contributed by atoms with van der Waals surface area (Å²) in [6, 6.07) is 13.7. The molecule has 3 N–H and O–H groups in total. The van der Waals surface area contributed by atoms with Crippen LogP contribution < -0.4 is 15.1 Å². The Morgan fingerprint density at radius 1 is 1.03 bits per heavy atom. The summed E-state index contributed by atoms with van der Waals surface area (Å²) < 4.78 is 5.87. The molecule has 3 heterocycles. The third kappa shape index (κ3) is 5.46. The van der Waals surface area contributed by atoms with Crippen molar-refractivity contribution in [3.8, 4) is 5.88 Å². The Labute approximate surface area is 202 Å². The molecule has 0 saturated carbocycles. The molecule has 0 aliphatic carbocycles. The number of anilines is 1. The fourth-order valence-electron chi connectivity index (χ4n) is 4.72. The molecule has 2 aromatic rings. The van der Waals surface area contributed by atoms with Crippen LogP contribution in [0.1, 0.15) is 12.1 Å². The van der Waals surface area contributed by atoms with E-state index in [9.17, 15) is 24.7 Å². The molecule has 2 aliphatic rings. The van der Waals surface area contributed by atoms with Gasteiger partial charge in [-0.2, -0.15) is 0 Å². The van der Waals surface area contributed by atoms with Gasteiger partial charge in [0.25, 0.3) is 0 Å². The monoisotopic (exact) mass is 483 g/mol. The standard InChI is InChI=1S/C24H29N5O6/c1-16-6-5-9-20(25-16)35-18-14-19(22(30)26-34)21(29(15-18)24(32)33)23(31)28-12-10-27(11-13-28)17-7-3-2-4-8-17/h2-9,18-19,21,34H,10-15H2,1H3,(H,26,30)(H,32,33)/t18-,19-,21-/m0/s1. The molecule has 3 atom stereocenters. The maximum absolute atomic E-state index is 13.5. The molecule has 11 nitrogen and oxygen atoms in total. The number of aryl methyl sites for hydroxylation is 1. The molecular weight excluding hydrogens is 454 g/mol. The molecule has 3 amide bonds. The molecule has 1 aromatic heterocycles. The maximum Gasteiger partial charge on any atom is 0.408 e. The van der Waals surface area contributed by atoms with Gasteiger partial charge < -0.3 is 19.6 Å². The third-order valence-electron chi connectivity index (χ3n) is 6.44. The lowest BCUT2D eigenvalue weighted by atomic mass is 9.86. The van der Waals surface area contributed by atoms with Gasteiger partial charge in [0.2, 0.25) is 17.7 Å². The lowest BCUT2D eigenvalue weighted by Gasteiger charge is -2.44. The van der Waals surface area contributed by atoms with Crippen LogP contribution in [-0.2, 0) is 9.59 Å². The highest BCUT2D eigenvalue weighted by Crippen LogP contribution is 2.29. The van der Waals surface area contributed by atoms with Crippen LogP contribution in [0.3, 0.4) is 0 Å². The second-order valence-corrected chi connectivity index (χ2v) is 8.70. The minimum atomic E-state index is -1.34. The average Bonchev–Trinajstić information content (AvgIpc) is 2.88. The number of hydrogen-bond acceptors (Lipinski definition) is 7. The Bertz CT molecular complexity index is 1060. The van der Waals surface area contributed by atoms with Crippen LogP contribution in [0, 0.1) is 12.8 Å². The lowest BCUT2D eigenvalue weighted by molar-refractivity contribution is -0.150. The molecule has 2 aliphatic heterocycles. The van der Waals surface area contributed by atoms with Crippen LogP contribution in [0.15, 0.2) is 48.5 Å². The van der Waals surface area contributed by atoms with Crippen molar-refractivity contribution in [2.75, 3.05) is 37.6 Å². The number of para-hydroxylation sites is 1. The summed E-state index contributed by atoms with van der Waals surface area (Å²) in [4.78, 5) is 47.3. The lowest BCUT2D eigenvalue weighted by Crippen LogP contribution is -2.64. The number of likely N-dealkylation sites (tertiary alicyclic amines) is 1. The molecule has 1 aromatic carbocycles. The number of ether oxygens (including phenoxy) is 1. The first-order valence-electron chi connectivity index (χ1n) is 11.5. The topological polar surface area (TPSA) is 136 Å². The van der Waals surface area contributed by atoms with Crippen molar-refractivity contribution in [3.63, 3.8) is 0 Å². The zero-order valence-electron chi connectivity index (χ0n) is 19.4. The van der Waals surface area contributed by atoms with Gasteiger partial charge in [-0.15, -0.1) is 0 Å². The van der Waals surface area contributed by atoms with Crippen molar-refractivity contribution in [2.24, 2.45) is 5.92 Å². The van der Waals surface area contributed by atoms with Gasteiger partial charge in [-0.3, -0.25) is 19.7 Å². The molecule has 186 valence electrons. The van der Waals surface area contributed by atoms with E-state index in [4.69, 9.17) is 4.74 Å². The van der Waals surface area contributed by atoms with Gasteiger partial charge in [-0.05, 0) is 25.1 Å². The Balaban J connectivity index is 1.51. The number of carbonyl (C=O) groups is 3. The number of carboxylic acid groups (broad SMARTS) is 1. The van der Waals surface area contributed by atoms with Gasteiger partial charge in [0.1, 0.15) is 12.1 Å². The zero-order valence-corrected chi connectivity index (χ0v) is 19.4. The van der Waals surface area contributed by atoms with Gasteiger partial charge in [0, 0.05) is 50.0 Å². The van der Waals surface area contributed by atoms with Gasteiger partial charge >= 0.3 is 6.09 Å². The highest BCUT2D eigenvalue weighted by Gasteiger charge is 2.48. The number of hydrogen-bond donors (Lipinski definition) is 3. The van der Waals surface area contributed by atoms with E-state index in [1.807, 2.05) is 30.3 Å². The first-order valence-corrected chi connectivity index (χ1v) is 11.5. The smallest absolute Gasteiger partial charge is 0.408 e. The number of benzene rings is 1. The number of nitrogens with one attached hydrogen (secondary N) is 1. The molecule has 4 rings (SSSR count). The van der Waals surface area contributed by atoms with Crippen molar-refractivity contribution >= 4 is 23.6 Å². The van der Waals surface area contributed by atoms with Crippen LogP contribution in [0.5, 0.6) is 5.88 Å². The Hall–Kier alpha value is -3.86. The Morgan fingerprint density at radius 2 is 1.74 bits per heavy atom. The number of carbonyl (C=O) groups excluding carboxylic acids is 2. The molecular formula is C24H29N5O6. The normalized spacial score (nSPS) is 22.5. The van der Waals surface area contributed by atoms with E-state index in [-0.39, 0.29) is 13.0 Å². The first kappa shape index (κ1) is 24.3. The fourth-order valence-corrected chi connectivity index (χ4v) is 4.72. The predicted octanol–water partition coefficient (Wildman–Crippen LogP) is 1.36. The number of hydroxylamine groups is 1. The summed E-state index contributed by atoms with van der Waals surface area (Å²) >= 11 is 0. The number of aromatic nitrogens is 1. The van der Waals surface area contributed by atoms with Crippen molar-refractivity contribution in [1.82, 2.24) is 20.3 Å². The summed E-state index contributed by atoms with van der Waals surface area (Å²) in [5.74, 6) is -2.12. The number of nitrogens with zero attached hydrogens (tertiary/aromatic N) is 4. The molecule has 2 fully saturated rings. The summed E-state index contributed by atoms with van der Waals surface area (Å²) in [5, 5.41) is 19.3. The van der Waals surface area contributed by atoms with E-state index in [1.54, 1.807) is 35.5 Å². The van der Waals surface area contributed by atoms with Gasteiger partial charge in [-0.25, -0.2) is 15.3 Å². The Kier molecular flexibility index (Phi) is 7.35. The number of amides is 3. The molecule has 11 heteroatoms. The van der Waals surface area contributed by atoms with Gasteiger partial charge in [-0.1, -0.05) is 24.3 Å². The van der Waals surface area contributed by atoms with Crippen LogP contribution in [-0.4, -0.2) is 87.9 Å². The van der Waals surface area contributed by atoms with Crippen molar-refractivity contribution < 1.29 is 29.4 Å². The molecule has 0 radical (unpaired) electrons. The zero-order chi connectivity index (χ0) is 24.9. The summed E-state index contributed by atoms with van der Waals surface area (Å²) in [7, 11) is 0. The van der Waals surface area contributed by atoms with Crippen molar-refractivity contribution in [2.45, 2.75) is 25.5 Å². The second kappa shape index (κ2) is 10.6. The highest BCUT2D eigenvalue weighted by atomic mass is 16.5. The second-order valence-electron chi connectivity index (χ2n) is 8.70. The predicted molar refractivity (Wildman–Crippen MR) is 125 cm³/mol. The van der Waals surface area contributed by atoms with Crippen LogP contribution in [0.2, 0.25) is 0 Å². The van der Waals surface area contributed by atoms with E-state index in [1.165, 1.54) is 0 Å². The van der Waals surface area contributed by atoms with E-state index in [2.05, 4.69) is 9.88 Å². The molecule has 2 saturated heterocycles. The maximum atomic E-state index is 13.5. The third-order valence-corrected chi connectivity index (χ3v) is 6.44. The van der Waals surface area contributed by atoms with Gasteiger partial charge in [0.15, 0.2) is 0 Å². The molecule has 0 unspecified atom stereocenters. The first-order chi connectivity index (χ1) is 16.9. The van der Waals surface area contributed by atoms with Crippen molar-refractivity contribution in [3.05, 3.63) is 54.2 Å². The molecule has 35 heavy (non-hydrogen) atoms. The summed E-state index contributed by atoms with van der Waals surface area (Å²) in [5.41, 5.74) is 3.37. The summed E-state index contributed by atoms with van der Waals surface area (Å²) in [6.07, 6.45) is -2.01. The number of piperidine rings is 1. The van der Waals surface area contributed by atoms with E-state index in [0.29, 0.717) is 32.1 Å². The number of pyridine rings is 1. The minimum absolute atomic E-state index is 0.0478. The van der Waals surface area contributed by atoms with Gasteiger partial charge in [0.05, 0.1) is 12.5 Å². The fraction of sp³-hybridized carbons (Fsp3) is 0.417. The van der Waals surface area contributed by atoms with E-state index < -0.39 is 36.0 Å². The Morgan fingerprint density at radius 3 is 2.37 bits per heavy atom. The highest BCUT2D eigenvalue weighted by molar-refractivity contribution is 5.92. The largest absolute Gasteiger partial charge is 0.472 e. The molecule has 0 spiro atoms. The average molecular weight is 484 g/mol. The quantitative estimate of drug-likeness (QED) is 0.429. The summed E-state index contributed by atoms with van der Waals surface area (Å²) in [6.45, 7) is 3.62. The SMILES string of the molecule is Cc1cccc(O[C@H]2C[C@H](C(=O)NO)[C@@H](C(=O)N3CCN(c4ccccc4)CC3)N(C(=O)O)C2)n1. The minimum Gasteiger partial charge on any atom is -0.472 e. The number of piperazine rings is 1. The van der Waals surface area contributed by atoms with E-state index in [0.717, 1.165) is 16.3 Å². The van der Waals surface area contributed by atoms with E-state index >= 15 is 0 Å². The van der Waals surface area contributed by atoms with Crippen LogP contribution in [0.4, 0.5) is 10.5 Å². The molecule has 0 bridgehead atoms.